The second-order valence-corrected chi connectivity index (χ2v) is 5.10. The van der Waals surface area contributed by atoms with E-state index in [0.29, 0.717) is 6.04 Å². The summed E-state index contributed by atoms with van der Waals surface area (Å²) >= 11 is 0. The van der Waals surface area contributed by atoms with Crippen molar-refractivity contribution >= 4 is 29.9 Å². The highest BCUT2D eigenvalue weighted by molar-refractivity contribution is 14.0. The van der Waals surface area contributed by atoms with Crippen molar-refractivity contribution in [2.75, 3.05) is 13.1 Å². The van der Waals surface area contributed by atoms with E-state index in [-0.39, 0.29) is 24.0 Å². The van der Waals surface area contributed by atoms with Gasteiger partial charge >= 0.3 is 0 Å². The molecule has 6 heteroatoms. The summed E-state index contributed by atoms with van der Waals surface area (Å²) in [6, 6.07) is 0.479. The van der Waals surface area contributed by atoms with E-state index in [1.54, 1.807) is 0 Å². The monoisotopic (exact) mass is 404 g/mol. The highest BCUT2D eigenvalue weighted by Crippen LogP contribution is 2.13. The van der Waals surface area contributed by atoms with Gasteiger partial charge in [0.05, 0.1) is 5.69 Å². The Kier molecular flexibility index (Phi) is 7.77. The molecule has 0 bridgehead atoms. The summed E-state index contributed by atoms with van der Waals surface area (Å²) in [5.74, 6) is 1.80. The highest BCUT2D eigenvalue weighted by atomic mass is 127. The Morgan fingerprint density at radius 3 is 2.67 bits per heavy atom. The normalized spacial score (nSPS) is 15.1. The quantitative estimate of drug-likeness (QED) is 0.343. The maximum atomic E-state index is 5.17. The first-order valence-electron chi connectivity index (χ1n) is 7.32. The van der Waals surface area contributed by atoms with Gasteiger partial charge in [-0.05, 0) is 40.0 Å². The minimum atomic E-state index is 0. The summed E-state index contributed by atoms with van der Waals surface area (Å²) in [5, 5.41) is 10.7. The van der Waals surface area contributed by atoms with E-state index >= 15 is 0 Å². The summed E-state index contributed by atoms with van der Waals surface area (Å²) in [4.78, 5) is 4.63. The lowest BCUT2D eigenvalue weighted by Gasteiger charge is -2.16. The molecule has 0 aromatic carbocycles. The van der Waals surface area contributed by atoms with Crippen molar-refractivity contribution in [1.29, 1.82) is 0 Å². The van der Waals surface area contributed by atoms with Crippen molar-refractivity contribution in [2.45, 2.75) is 46.1 Å². The van der Waals surface area contributed by atoms with E-state index in [1.807, 2.05) is 13.8 Å². The second kappa shape index (κ2) is 9.07. The zero-order chi connectivity index (χ0) is 14.4. The topological polar surface area (TPSA) is 62.5 Å². The van der Waals surface area contributed by atoms with Crippen molar-refractivity contribution in [1.82, 2.24) is 15.8 Å². The van der Waals surface area contributed by atoms with E-state index in [4.69, 9.17) is 4.52 Å². The Morgan fingerprint density at radius 1 is 1.38 bits per heavy atom. The van der Waals surface area contributed by atoms with Gasteiger partial charge in [-0.3, -0.25) is 4.99 Å². The molecule has 2 rings (SSSR count). The number of hydrogen-bond donors (Lipinski definition) is 2. The molecule has 0 saturated heterocycles. The third-order valence-corrected chi connectivity index (χ3v) is 3.51. The molecule has 5 nitrogen and oxygen atoms in total. The first kappa shape index (κ1) is 18.0. The Morgan fingerprint density at radius 2 is 2.10 bits per heavy atom. The van der Waals surface area contributed by atoms with Crippen LogP contribution in [0.1, 0.15) is 36.8 Å². The number of aromatic nitrogens is 1. The molecule has 0 saturated carbocycles. The molecule has 0 radical (unpaired) electrons. The van der Waals surface area contributed by atoms with Gasteiger partial charge < -0.3 is 15.2 Å². The second-order valence-electron chi connectivity index (χ2n) is 5.10. The van der Waals surface area contributed by atoms with Gasteiger partial charge in [-0.15, -0.1) is 24.0 Å². The molecule has 1 heterocycles. The Bertz CT molecular complexity index is 468. The average molecular weight is 404 g/mol. The van der Waals surface area contributed by atoms with Crippen molar-refractivity contribution in [3.05, 3.63) is 29.2 Å². The van der Waals surface area contributed by atoms with Gasteiger partial charge in [-0.25, -0.2) is 0 Å². The zero-order valence-electron chi connectivity index (χ0n) is 13.0. The molecule has 1 aromatic rings. The standard InChI is InChI=1S/C15H24N4O.HI/c1-4-16-15(18-13-7-5-6-8-13)17-10-9-14-11(2)19-20-12(14)3;/h5-6,13H,4,7-10H2,1-3H3,(H2,16,17,18);1H. The number of nitrogens with zero attached hydrogens (tertiary/aromatic N) is 2. The minimum absolute atomic E-state index is 0. The van der Waals surface area contributed by atoms with Gasteiger partial charge in [0.15, 0.2) is 5.96 Å². The summed E-state index contributed by atoms with van der Waals surface area (Å²) < 4.78 is 5.17. The molecule has 1 aromatic heterocycles. The predicted molar refractivity (Wildman–Crippen MR) is 96.4 cm³/mol. The molecule has 0 amide bonds. The average Bonchev–Trinajstić information content (AvgIpc) is 3.03. The number of hydrogen-bond acceptors (Lipinski definition) is 3. The van der Waals surface area contributed by atoms with Crippen LogP contribution in [-0.4, -0.2) is 30.2 Å². The lowest BCUT2D eigenvalue weighted by Crippen LogP contribution is -2.42. The van der Waals surface area contributed by atoms with E-state index in [1.165, 1.54) is 5.56 Å². The van der Waals surface area contributed by atoms with Crippen LogP contribution >= 0.6 is 24.0 Å². The van der Waals surface area contributed by atoms with Crippen LogP contribution in [0.3, 0.4) is 0 Å². The number of rotatable bonds is 5. The summed E-state index contributed by atoms with van der Waals surface area (Å²) in [5.41, 5.74) is 2.14. The van der Waals surface area contributed by atoms with E-state index < -0.39 is 0 Å². The van der Waals surface area contributed by atoms with Crippen LogP contribution in [0.4, 0.5) is 0 Å². The van der Waals surface area contributed by atoms with Crippen LogP contribution < -0.4 is 10.6 Å². The Balaban J connectivity index is 0.00000220. The fourth-order valence-corrected chi connectivity index (χ4v) is 2.39. The summed E-state index contributed by atoms with van der Waals surface area (Å²) in [6.07, 6.45) is 7.44. The lowest BCUT2D eigenvalue weighted by atomic mass is 10.1. The molecule has 21 heavy (non-hydrogen) atoms. The smallest absolute Gasteiger partial charge is 0.191 e. The van der Waals surface area contributed by atoms with Crippen LogP contribution in [0.5, 0.6) is 0 Å². The van der Waals surface area contributed by atoms with Gasteiger partial charge in [0.25, 0.3) is 0 Å². The van der Waals surface area contributed by atoms with E-state index in [2.05, 4.69) is 39.9 Å². The van der Waals surface area contributed by atoms with Crippen LogP contribution in [0.2, 0.25) is 0 Å². The maximum absolute atomic E-state index is 5.17. The third-order valence-electron chi connectivity index (χ3n) is 3.51. The molecule has 0 spiro atoms. The maximum Gasteiger partial charge on any atom is 0.191 e. The van der Waals surface area contributed by atoms with Gasteiger partial charge in [0.1, 0.15) is 5.76 Å². The number of aliphatic imine (C=N–C) groups is 1. The summed E-state index contributed by atoms with van der Waals surface area (Å²) in [6.45, 7) is 7.62. The third kappa shape index (κ3) is 5.33. The van der Waals surface area contributed by atoms with Crippen LogP contribution in [0.15, 0.2) is 21.7 Å². The van der Waals surface area contributed by atoms with Gasteiger partial charge in [-0.2, -0.15) is 0 Å². The zero-order valence-corrected chi connectivity index (χ0v) is 15.3. The molecule has 0 atom stereocenters. The molecular formula is C15H25IN4O. The molecule has 1 aliphatic rings. The minimum Gasteiger partial charge on any atom is -0.361 e. The summed E-state index contributed by atoms with van der Waals surface area (Å²) in [7, 11) is 0. The van der Waals surface area contributed by atoms with Crippen molar-refractivity contribution in [3.63, 3.8) is 0 Å². The molecule has 0 aliphatic heterocycles. The number of guanidine groups is 1. The van der Waals surface area contributed by atoms with Crippen LogP contribution in [-0.2, 0) is 6.42 Å². The molecule has 0 fully saturated rings. The van der Waals surface area contributed by atoms with E-state index in [9.17, 15) is 0 Å². The number of nitrogens with one attached hydrogen (secondary N) is 2. The SMILES string of the molecule is CCNC(=NCCc1c(C)noc1C)NC1CC=CC1.I. The Hall–Kier alpha value is -1.05. The van der Waals surface area contributed by atoms with Gasteiger partial charge in [-0.1, -0.05) is 17.3 Å². The van der Waals surface area contributed by atoms with Crippen molar-refractivity contribution < 1.29 is 4.52 Å². The van der Waals surface area contributed by atoms with Crippen molar-refractivity contribution in [2.24, 2.45) is 4.99 Å². The molecular weight excluding hydrogens is 379 g/mol. The van der Waals surface area contributed by atoms with Crippen LogP contribution in [0, 0.1) is 13.8 Å². The fourth-order valence-electron chi connectivity index (χ4n) is 2.39. The van der Waals surface area contributed by atoms with Crippen molar-refractivity contribution in [3.8, 4) is 0 Å². The number of halogens is 1. The predicted octanol–water partition coefficient (Wildman–Crippen LogP) is 2.73. The first-order valence-corrected chi connectivity index (χ1v) is 7.32. The van der Waals surface area contributed by atoms with Gasteiger partial charge in [0, 0.05) is 24.7 Å². The largest absolute Gasteiger partial charge is 0.361 e. The molecule has 1 aliphatic carbocycles. The Labute approximate surface area is 143 Å². The molecule has 118 valence electrons. The molecule has 0 unspecified atom stereocenters. The lowest BCUT2D eigenvalue weighted by molar-refractivity contribution is 0.392. The van der Waals surface area contributed by atoms with Gasteiger partial charge in [0.2, 0.25) is 0 Å². The van der Waals surface area contributed by atoms with E-state index in [0.717, 1.165) is 49.8 Å². The number of aryl methyl sites for hydroxylation is 2. The fraction of sp³-hybridized carbons (Fsp3) is 0.600. The highest BCUT2D eigenvalue weighted by Gasteiger charge is 2.12. The van der Waals surface area contributed by atoms with Crippen LogP contribution in [0.25, 0.3) is 0 Å². The molecule has 2 N–H and O–H groups in total. The first-order chi connectivity index (χ1) is 9.70.